The van der Waals surface area contributed by atoms with Gasteiger partial charge in [0.25, 0.3) is 0 Å². The van der Waals surface area contributed by atoms with Gasteiger partial charge in [0, 0.05) is 37.9 Å². The topological polar surface area (TPSA) is 32.7 Å². The molecule has 0 amide bonds. The summed E-state index contributed by atoms with van der Waals surface area (Å²) < 4.78 is 5.26. The quantitative estimate of drug-likeness (QED) is 0.593. The molecule has 0 aromatic carbocycles. The first kappa shape index (κ1) is 13.4. The molecule has 0 unspecified atom stereocenters. The Balaban J connectivity index is 2.20. The van der Waals surface area contributed by atoms with E-state index in [0.717, 1.165) is 31.3 Å². The maximum Gasteiger partial charge on any atom is 0.0817 e. The molecular weight excluding hydrogens is 258 g/mol. The third-order valence-electron chi connectivity index (χ3n) is 2.91. The Kier molecular flexibility index (Phi) is 6.12. The lowest BCUT2D eigenvalue weighted by atomic mass is 9.94. The monoisotopic (exact) mass is 279 g/mol. The largest absolute Gasteiger partial charge is 0.388 e. The van der Waals surface area contributed by atoms with Crippen LogP contribution in [0.25, 0.3) is 0 Å². The van der Waals surface area contributed by atoms with E-state index in [0.29, 0.717) is 13.2 Å². The van der Waals surface area contributed by atoms with Gasteiger partial charge >= 0.3 is 0 Å². The SMILES string of the molecule is CN(CCCCBr)CC1(O)CCOCC1. The molecule has 4 heteroatoms. The van der Waals surface area contributed by atoms with Crippen LogP contribution in [0.15, 0.2) is 0 Å². The van der Waals surface area contributed by atoms with E-state index in [1.807, 2.05) is 0 Å². The zero-order valence-electron chi connectivity index (χ0n) is 9.54. The van der Waals surface area contributed by atoms with Crippen LogP contribution in [0.4, 0.5) is 0 Å². The van der Waals surface area contributed by atoms with Crippen molar-refractivity contribution in [2.75, 3.05) is 38.7 Å². The van der Waals surface area contributed by atoms with Gasteiger partial charge in [-0.05, 0) is 26.4 Å². The maximum absolute atomic E-state index is 10.3. The molecule has 0 aromatic rings. The minimum absolute atomic E-state index is 0.512. The molecular formula is C11H22BrNO2. The standard InChI is InChI=1S/C11H22BrNO2/c1-13(7-3-2-6-12)10-11(14)4-8-15-9-5-11/h14H,2-10H2,1H3. The first-order valence-corrected chi connectivity index (χ1v) is 6.83. The van der Waals surface area contributed by atoms with Gasteiger partial charge in [0.05, 0.1) is 5.60 Å². The fourth-order valence-corrected chi connectivity index (χ4v) is 2.36. The highest BCUT2D eigenvalue weighted by Gasteiger charge is 2.30. The number of likely N-dealkylation sites (N-methyl/N-ethyl adjacent to an activating group) is 1. The molecule has 1 aliphatic heterocycles. The second kappa shape index (κ2) is 6.84. The number of hydrogen-bond acceptors (Lipinski definition) is 3. The minimum atomic E-state index is -0.512. The van der Waals surface area contributed by atoms with Crippen molar-refractivity contribution in [1.29, 1.82) is 0 Å². The Bertz CT molecular complexity index is 172. The van der Waals surface area contributed by atoms with Crippen LogP contribution in [0.2, 0.25) is 0 Å². The van der Waals surface area contributed by atoms with Gasteiger partial charge in [0.2, 0.25) is 0 Å². The zero-order chi connectivity index (χ0) is 11.1. The van der Waals surface area contributed by atoms with E-state index >= 15 is 0 Å². The number of rotatable bonds is 6. The number of alkyl halides is 1. The van der Waals surface area contributed by atoms with Crippen LogP contribution in [0.5, 0.6) is 0 Å². The van der Waals surface area contributed by atoms with E-state index < -0.39 is 5.60 Å². The lowest BCUT2D eigenvalue weighted by Gasteiger charge is -2.35. The van der Waals surface area contributed by atoms with Gasteiger partial charge in [-0.1, -0.05) is 15.9 Å². The van der Waals surface area contributed by atoms with Crippen molar-refractivity contribution in [3.8, 4) is 0 Å². The van der Waals surface area contributed by atoms with Gasteiger partial charge < -0.3 is 14.7 Å². The minimum Gasteiger partial charge on any atom is -0.388 e. The van der Waals surface area contributed by atoms with Crippen molar-refractivity contribution in [3.63, 3.8) is 0 Å². The van der Waals surface area contributed by atoms with Crippen molar-refractivity contribution in [3.05, 3.63) is 0 Å². The highest BCUT2D eigenvalue weighted by atomic mass is 79.9. The van der Waals surface area contributed by atoms with Gasteiger partial charge in [-0.15, -0.1) is 0 Å². The van der Waals surface area contributed by atoms with Crippen LogP contribution >= 0.6 is 15.9 Å². The molecule has 0 bridgehead atoms. The molecule has 1 heterocycles. The summed E-state index contributed by atoms with van der Waals surface area (Å²) in [7, 11) is 2.08. The average molecular weight is 280 g/mol. The fourth-order valence-electron chi connectivity index (χ4n) is 1.97. The molecule has 0 spiro atoms. The Morgan fingerprint density at radius 1 is 1.33 bits per heavy atom. The molecule has 0 aromatic heterocycles. The Labute approximate surface area is 101 Å². The number of halogens is 1. The van der Waals surface area contributed by atoms with Crippen LogP contribution in [0.1, 0.15) is 25.7 Å². The summed E-state index contributed by atoms with van der Waals surface area (Å²) in [4.78, 5) is 2.23. The van der Waals surface area contributed by atoms with Gasteiger partial charge in [0.1, 0.15) is 0 Å². The summed E-state index contributed by atoms with van der Waals surface area (Å²) >= 11 is 3.42. The number of hydrogen-bond donors (Lipinski definition) is 1. The molecule has 1 rings (SSSR count). The molecule has 1 saturated heterocycles. The second-order valence-corrected chi connectivity index (χ2v) is 5.26. The summed E-state index contributed by atoms with van der Waals surface area (Å²) in [6.07, 6.45) is 3.94. The number of aliphatic hydroxyl groups is 1. The zero-order valence-corrected chi connectivity index (χ0v) is 11.1. The van der Waals surface area contributed by atoms with E-state index in [9.17, 15) is 5.11 Å². The molecule has 15 heavy (non-hydrogen) atoms. The average Bonchev–Trinajstić information content (AvgIpc) is 2.18. The third-order valence-corrected chi connectivity index (χ3v) is 3.47. The lowest BCUT2D eigenvalue weighted by Crippen LogP contribution is -2.45. The van der Waals surface area contributed by atoms with Gasteiger partial charge in [0.15, 0.2) is 0 Å². The molecule has 3 nitrogen and oxygen atoms in total. The van der Waals surface area contributed by atoms with Crippen LogP contribution in [-0.4, -0.2) is 54.3 Å². The molecule has 0 saturated carbocycles. The smallest absolute Gasteiger partial charge is 0.0817 e. The Morgan fingerprint density at radius 2 is 2.00 bits per heavy atom. The summed E-state index contributed by atoms with van der Waals surface area (Å²) in [6.45, 7) is 3.24. The summed E-state index contributed by atoms with van der Waals surface area (Å²) in [5.41, 5.74) is -0.512. The van der Waals surface area contributed by atoms with Gasteiger partial charge in [-0.2, -0.15) is 0 Å². The van der Waals surface area contributed by atoms with Crippen LogP contribution in [-0.2, 0) is 4.74 Å². The van der Waals surface area contributed by atoms with Crippen molar-refractivity contribution >= 4 is 15.9 Å². The first-order valence-electron chi connectivity index (χ1n) is 5.71. The number of ether oxygens (including phenoxy) is 1. The van der Waals surface area contributed by atoms with Crippen molar-refractivity contribution in [2.45, 2.75) is 31.3 Å². The molecule has 1 aliphatic rings. The first-order chi connectivity index (χ1) is 7.16. The number of unbranched alkanes of at least 4 members (excludes halogenated alkanes) is 1. The van der Waals surface area contributed by atoms with Crippen molar-refractivity contribution in [1.82, 2.24) is 4.90 Å². The van der Waals surface area contributed by atoms with E-state index in [1.54, 1.807) is 0 Å². The third kappa shape index (κ3) is 5.29. The van der Waals surface area contributed by atoms with E-state index in [1.165, 1.54) is 12.8 Å². The molecule has 0 aliphatic carbocycles. The fraction of sp³-hybridized carbons (Fsp3) is 1.00. The molecule has 90 valence electrons. The molecule has 0 radical (unpaired) electrons. The maximum atomic E-state index is 10.3. The van der Waals surface area contributed by atoms with Crippen LogP contribution in [0.3, 0.4) is 0 Å². The van der Waals surface area contributed by atoms with Gasteiger partial charge in [-0.3, -0.25) is 0 Å². The number of nitrogens with zero attached hydrogens (tertiary/aromatic N) is 1. The predicted octanol–water partition coefficient (Wildman–Crippen LogP) is 1.63. The predicted molar refractivity (Wildman–Crippen MR) is 65.5 cm³/mol. The normalized spacial score (nSPS) is 20.8. The molecule has 1 N–H and O–H groups in total. The van der Waals surface area contributed by atoms with E-state index in [2.05, 4.69) is 27.9 Å². The van der Waals surface area contributed by atoms with Gasteiger partial charge in [-0.25, -0.2) is 0 Å². The van der Waals surface area contributed by atoms with E-state index in [-0.39, 0.29) is 0 Å². The lowest BCUT2D eigenvalue weighted by molar-refractivity contribution is -0.0768. The van der Waals surface area contributed by atoms with E-state index in [4.69, 9.17) is 4.74 Å². The second-order valence-electron chi connectivity index (χ2n) is 4.47. The van der Waals surface area contributed by atoms with Crippen LogP contribution in [0, 0.1) is 0 Å². The summed E-state index contributed by atoms with van der Waals surface area (Å²) in [5.74, 6) is 0. The summed E-state index contributed by atoms with van der Waals surface area (Å²) in [5, 5.41) is 11.3. The van der Waals surface area contributed by atoms with Crippen molar-refractivity contribution < 1.29 is 9.84 Å². The highest BCUT2D eigenvalue weighted by molar-refractivity contribution is 9.09. The van der Waals surface area contributed by atoms with Crippen molar-refractivity contribution in [2.24, 2.45) is 0 Å². The molecule has 1 fully saturated rings. The Morgan fingerprint density at radius 3 is 2.60 bits per heavy atom. The Hall–Kier alpha value is 0.360. The highest BCUT2D eigenvalue weighted by Crippen LogP contribution is 2.21. The van der Waals surface area contributed by atoms with Crippen LogP contribution < -0.4 is 0 Å². The summed E-state index contributed by atoms with van der Waals surface area (Å²) in [6, 6.07) is 0. The molecule has 0 atom stereocenters.